The van der Waals surface area contributed by atoms with E-state index in [0.717, 1.165) is 25.7 Å². The standard InChI is InChI=1S/C17H34BClO5/c1-6-8-12-21-18(22-13-9-7-2)24-15(10-11-19)14-16(20)23-17(3,4)5/h15H,6-14H2,1-5H3. The predicted octanol–water partition coefficient (Wildman–Crippen LogP) is 4.35. The first-order valence-electron chi connectivity index (χ1n) is 8.98. The summed E-state index contributed by atoms with van der Waals surface area (Å²) in [5.74, 6) is 0.0860. The summed E-state index contributed by atoms with van der Waals surface area (Å²) in [4.78, 5) is 12.0. The van der Waals surface area contributed by atoms with Gasteiger partial charge in [0, 0.05) is 19.1 Å². The number of rotatable bonds is 14. The van der Waals surface area contributed by atoms with Gasteiger partial charge in [-0.1, -0.05) is 26.7 Å². The summed E-state index contributed by atoms with van der Waals surface area (Å²) in [5.41, 5.74) is -0.517. The van der Waals surface area contributed by atoms with Crippen molar-refractivity contribution in [1.29, 1.82) is 0 Å². The average molecular weight is 365 g/mol. The zero-order chi connectivity index (χ0) is 18.4. The van der Waals surface area contributed by atoms with Crippen LogP contribution in [0.5, 0.6) is 0 Å². The van der Waals surface area contributed by atoms with E-state index >= 15 is 0 Å². The highest BCUT2D eigenvalue weighted by atomic mass is 35.5. The maximum absolute atomic E-state index is 12.0. The highest BCUT2D eigenvalue weighted by Gasteiger charge is 2.28. The van der Waals surface area contributed by atoms with E-state index < -0.39 is 12.9 Å². The normalized spacial score (nSPS) is 12.9. The van der Waals surface area contributed by atoms with Gasteiger partial charge >= 0.3 is 13.3 Å². The first kappa shape index (κ1) is 23.7. The summed E-state index contributed by atoms with van der Waals surface area (Å²) in [5, 5.41) is 0. The van der Waals surface area contributed by atoms with Crippen molar-refractivity contribution in [2.75, 3.05) is 19.1 Å². The molecule has 0 rings (SSSR count). The van der Waals surface area contributed by atoms with Crippen LogP contribution in [-0.4, -0.2) is 44.1 Å². The molecule has 0 aromatic heterocycles. The van der Waals surface area contributed by atoms with E-state index in [1.54, 1.807) is 0 Å². The van der Waals surface area contributed by atoms with Crippen LogP contribution in [0.4, 0.5) is 0 Å². The van der Waals surface area contributed by atoms with Crippen molar-refractivity contribution in [2.24, 2.45) is 0 Å². The first-order valence-corrected chi connectivity index (χ1v) is 9.52. The molecule has 142 valence electrons. The first-order chi connectivity index (χ1) is 11.3. The number of carbonyl (C=O) groups is 1. The third-order valence-corrected chi connectivity index (χ3v) is 3.27. The van der Waals surface area contributed by atoms with Crippen LogP contribution in [0.2, 0.25) is 0 Å². The number of halogens is 1. The zero-order valence-electron chi connectivity index (χ0n) is 15.9. The van der Waals surface area contributed by atoms with Gasteiger partial charge in [-0.15, -0.1) is 11.6 Å². The van der Waals surface area contributed by atoms with Crippen molar-refractivity contribution in [3.63, 3.8) is 0 Å². The number of unbranched alkanes of at least 4 members (excludes halogenated alkanes) is 2. The molecule has 0 heterocycles. The van der Waals surface area contributed by atoms with Crippen molar-refractivity contribution in [2.45, 2.75) is 84.8 Å². The van der Waals surface area contributed by atoms with Crippen molar-refractivity contribution in [3.05, 3.63) is 0 Å². The summed E-state index contributed by atoms with van der Waals surface area (Å²) in [7, 11) is -0.765. The lowest BCUT2D eigenvalue weighted by Crippen LogP contribution is -2.35. The molecule has 0 saturated carbocycles. The fourth-order valence-electron chi connectivity index (χ4n) is 1.84. The number of hydrogen-bond acceptors (Lipinski definition) is 5. The number of esters is 1. The highest BCUT2D eigenvalue weighted by molar-refractivity contribution is 6.36. The lowest BCUT2D eigenvalue weighted by molar-refractivity contribution is -0.157. The van der Waals surface area contributed by atoms with E-state index in [2.05, 4.69) is 13.8 Å². The lowest BCUT2D eigenvalue weighted by Gasteiger charge is -2.24. The van der Waals surface area contributed by atoms with E-state index in [0.29, 0.717) is 25.5 Å². The Labute approximate surface area is 152 Å². The zero-order valence-corrected chi connectivity index (χ0v) is 16.7. The SMILES string of the molecule is CCCCOB(OCCCC)OC(CCCl)CC(=O)OC(C)(C)C. The second-order valence-corrected chi connectivity index (χ2v) is 7.14. The van der Waals surface area contributed by atoms with Crippen LogP contribution in [0.25, 0.3) is 0 Å². The van der Waals surface area contributed by atoms with Gasteiger partial charge in [-0.2, -0.15) is 0 Å². The minimum atomic E-state index is -0.765. The molecule has 0 aliphatic rings. The minimum absolute atomic E-state index is 0.134. The maximum Gasteiger partial charge on any atom is 0.639 e. The topological polar surface area (TPSA) is 54.0 Å². The van der Waals surface area contributed by atoms with Crippen molar-refractivity contribution in [1.82, 2.24) is 0 Å². The molecule has 0 aliphatic carbocycles. The van der Waals surface area contributed by atoms with Crippen LogP contribution in [-0.2, 0) is 23.5 Å². The third kappa shape index (κ3) is 14.1. The van der Waals surface area contributed by atoms with Gasteiger partial charge in [0.2, 0.25) is 0 Å². The van der Waals surface area contributed by atoms with Gasteiger partial charge in [-0.05, 0) is 40.0 Å². The van der Waals surface area contributed by atoms with E-state index in [9.17, 15) is 4.79 Å². The Morgan fingerprint density at radius 3 is 2.04 bits per heavy atom. The molecule has 0 amide bonds. The second-order valence-electron chi connectivity index (χ2n) is 6.76. The molecule has 0 bridgehead atoms. The Kier molecular flexibility index (Phi) is 13.8. The molecule has 0 spiro atoms. The van der Waals surface area contributed by atoms with Crippen LogP contribution in [0, 0.1) is 0 Å². The van der Waals surface area contributed by atoms with Gasteiger partial charge in [0.1, 0.15) is 5.60 Å². The van der Waals surface area contributed by atoms with Gasteiger partial charge in [0.25, 0.3) is 0 Å². The Morgan fingerprint density at radius 1 is 1.08 bits per heavy atom. The van der Waals surface area contributed by atoms with Gasteiger partial charge in [-0.25, -0.2) is 0 Å². The Hall–Kier alpha value is -0.295. The van der Waals surface area contributed by atoms with Crippen LogP contribution in [0.15, 0.2) is 0 Å². The molecule has 0 aromatic rings. The van der Waals surface area contributed by atoms with E-state index in [1.165, 1.54) is 0 Å². The maximum atomic E-state index is 12.0. The Morgan fingerprint density at radius 2 is 1.62 bits per heavy atom. The second kappa shape index (κ2) is 13.9. The molecule has 0 aliphatic heterocycles. The Balaban J connectivity index is 4.55. The van der Waals surface area contributed by atoms with Crippen LogP contribution < -0.4 is 0 Å². The summed E-state index contributed by atoms with van der Waals surface area (Å²) in [6.07, 6.45) is 4.22. The van der Waals surface area contributed by atoms with Crippen LogP contribution in [0.1, 0.15) is 73.1 Å². The number of carbonyl (C=O) groups excluding carboxylic acids is 1. The third-order valence-electron chi connectivity index (χ3n) is 3.05. The molecule has 1 unspecified atom stereocenters. The quantitative estimate of drug-likeness (QED) is 0.198. The molecule has 0 fully saturated rings. The van der Waals surface area contributed by atoms with Gasteiger partial charge in [0.15, 0.2) is 0 Å². The number of hydrogen-bond donors (Lipinski definition) is 0. The molecule has 24 heavy (non-hydrogen) atoms. The van der Waals surface area contributed by atoms with E-state index in [-0.39, 0.29) is 18.5 Å². The largest absolute Gasteiger partial charge is 0.639 e. The molecular weight excluding hydrogens is 330 g/mol. The number of alkyl halides is 1. The van der Waals surface area contributed by atoms with Gasteiger partial charge in [0.05, 0.1) is 12.5 Å². The number of ether oxygens (including phenoxy) is 1. The molecule has 0 saturated heterocycles. The van der Waals surface area contributed by atoms with Gasteiger partial charge in [-0.3, -0.25) is 4.79 Å². The molecule has 0 radical (unpaired) electrons. The van der Waals surface area contributed by atoms with E-state index in [4.69, 9.17) is 30.3 Å². The summed E-state index contributed by atoms with van der Waals surface area (Å²) < 4.78 is 22.5. The van der Waals surface area contributed by atoms with Crippen LogP contribution in [0.3, 0.4) is 0 Å². The Bertz CT molecular complexity index is 313. The van der Waals surface area contributed by atoms with Crippen molar-refractivity contribution < 1.29 is 23.5 Å². The molecule has 1 atom stereocenters. The van der Waals surface area contributed by atoms with Gasteiger partial charge < -0.3 is 18.7 Å². The monoisotopic (exact) mass is 364 g/mol. The van der Waals surface area contributed by atoms with Crippen LogP contribution >= 0.6 is 11.6 Å². The summed E-state index contributed by atoms with van der Waals surface area (Å²) >= 11 is 5.84. The fourth-order valence-corrected chi connectivity index (χ4v) is 2.08. The molecule has 0 N–H and O–H groups in total. The molecule has 0 aromatic carbocycles. The highest BCUT2D eigenvalue weighted by Crippen LogP contribution is 2.14. The minimum Gasteiger partial charge on any atom is -0.460 e. The average Bonchev–Trinajstić information content (AvgIpc) is 2.45. The smallest absolute Gasteiger partial charge is 0.460 e. The predicted molar refractivity (Wildman–Crippen MR) is 98.1 cm³/mol. The fraction of sp³-hybridized carbons (Fsp3) is 0.941. The summed E-state index contributed by atoms with van der Waals surface area (Å²) in [6.45, 7) is 10.8. The lowest BCUT2D eigenvalue weighted by atomic mass is 10.1. The summed E-state index contributed by atoms with van der Waals surface area (Å²) in [6, 6.07) is 0. The van der Waals surface area contributed by atoms with Crippen molar-refractivity contribution in [3.8, 4) is 0 Å². The molecular formula is C17H34BClO5. The van der Waals surface area contributed by atoms with E-state index in [1.807, 2.05) is 20.8 Å². The molecule has 5 nitrogen and oxygen atoms in total. The van der Waals surface area contributed by atoms with Crippen molar-refractivity contribution >= 4 is 24.9 Å². The molecule has 7 heteroatoms.